The minimum Gasteiger partial charge on any atom is -0.350 e. The Balaban J connectivity index is 2.20. The first-order chi connectivity index (χ1) is 11.4. The number of anilines is 1. The molecule has 2 aromatic rings. The van der Waals surface area contributed by atoms with E-state index in [0.29, 0.717) is 11.3 Å². The van der Waals surface area contributed by atoms with Crippen LogP contribution in [-0.4, -0.2) is 27.4 Å². The van der Waals surface area contributed by atoms with Crippen molar-refractivity contribution in [1.82, 2.24) is 5.32 Å². The van der Waals surface area contributed by atoms with Crippen LogP contribution in [0.1, 0.15) is 30.6 Å². The fourth-order valence-corrected chi connectivity index (χ4v) is 3.34. The lowest BCUT2D eigenvalue weighted by molar-refractivity contribution is 0.0939. The third-order valence-electron chi connectivity index (χ3n) is 3.88. The van der Waals surface area contributed by atoms with E-state index in [2.05, 4.69) is 5.32 Å². The summed E-state index contributed by atoms with van der Waals surface area (Å²) in [6.45, 7) is 3.93. The monoisotopic (exact) mass is 346 g/mol. The Morgan fingerprint density at radius 2 is 1.67 bits per heavy atom. The van der Waals surface area contributed by atoms with Crippen molar-refractivity contribution in [2.45, 2.75) is 31.2 Å². The molecule has 1 unspecified atom stereocenters. The number of nitrogens with zero attached hydrogens (tertiary/aromatic N) is 1. The van der Waals surface area contributed by atoms with Gasteiger partial charge in [-0.2, -0.15) is 0 Å². The van der Waals surface area contributed by atoms with E-state index in [4.69, 9.17) is 0 Å². The molecular weight excluding hydrogens is 324 g/mol. The third kappa shape index (κ3) is 3.94. The SMILES string of the molecule is CCC(C)NC(=O)c1ccc(N(C)S(=O)(=O)c2ccccc2)cc1. The van der Waals surface area contributed by atoms with E-state index in [1.807, 2.05) is 13.8 Å². The topological polar surface area (TPSA) is 66.5 Å². The predicted octanol–water partition coefficient (Wildman–Crippen LogP) is 3.04. The second-order valence-corrected chi connectivity index (χ2v) is 7.58. The van der Waals surface area contributed by atoms with Gasteiger partial charge in [0.2, 0.25) is 0 Å². The maximum atomic E-state index is 12.6. The summed E-state index contributed by atoms with van der Waals surface area (Å²) in [5.41, 5.74) is 1.00. The summed E-state index contributed by atoms with van der Waals surface area (Å²) in [5, 5.41) is 2.88. The minimum absolute atomic E-state index is 0.0957. The summed E-state index contributed by atoms with van der Waals surface area (Å²) in [4.78, 5) is 12.3. The fourth-order valence-electron chi connectivity index (χ4n) is 2.12. The first kappa shape index (κ1) is 18.0. The number of carbonyl (C=O) groups excluding carboxylic acids is 1. The lowest BCUT2D eigenvalue weighted by Gasteiger charge is -2.20. The van der Waals surface area contributed by atoms with Crippen LogP contribution in [0.15, 0.2) is 59.5 Å². The molecule has 1 atom stereocenters. The summed E-state index contributed by atoms with van der Waals surface area (Å²) in [6, 6.07) is 14.9. The molecule has 2 aromatic carbocycles. The average Bonchev–Trinajstić information content (AvgIpc) is 2.61. The van der Waals surface area contributed by atoms with Gasteiger partial charge in [-0.3, -0.25) is 9.10 Å². The van der Waals surface area contributed by atoms with Crippen molar-refractivity contribution in [2.75, 3.05) is 11.4 Å². The molecule has 0 fully saturated rings. The number of carbonyl (C=O) groups is 1. The standard InChI is InChI=1S/C18H22N2O3S/c1-4-14(2)19-18(21)15-10-12-16(13-11-15)20(3)24(22,23)17-8-6-5-7-9-17/h5-14H,4H2,1-3H3,(H,19,21). The summed E-state index contributed by atoms with van der Waals surface area (Å²) >= 11 is 0. The fraction of sp³-hybridized carbons (Fsp3) is 0.278. The highest BCUT2D eigenvalue weighted by molar-refractivity contribution is 7.92. The van der Waals surface area contributed by atoms with Gasteiger partial charge >= 0.3 is 0 Å². The Bertz CT molecular complexity index is 787. The number of hydrogen-bond acceptors (Lipinski definition) is 3. The molecule has 0 radical (unpaired) electrons. The van der Waals surface area contributed by atoms with Gasteiger partial charge < -0.3 is 5.32 Å². The van der Waals surface area contributed by atoms with Crippen LogP contribution in [0.2, 0.25) is 0 Å². The van der Waals surface area contributed by atoms with Gasteiger partial charge in [-0.15, -0.1) is 0 Å². The molecule has 0 aliphatic rings. The van der Waals surface area contributed by atoms with Gasteiger partial charge in [0, 0.05) is 18.7 Å². The van der Waals surface area contributed by atoms with Crippen LogP contribution in [0, 0.1) is 0 Å². The van der Waals surface area contributed by atoms with Gasteiger partial charge in [0.1, 0.15) is 0 Å². The Kier molecular flexibility index (Phi) is 5.62. The molecule has 1 amide bonds. The highest BCUT2D eigenvalue weighted by Crippen LogP contribution is 2.22. The van der Waals surface area contributed by atoms with Gasteiger partial charge in [0.05, 0.1) is 10.6 Å². The molecule has 128 valence electrons. The van der Waals surface area contributed by atoms with Crippen LogP contribution in [0.4, 0.5) is 5.69 Å². The highest BCUT2D eigenvalue weighted by Gasteiger charge is 2.21. The average molecular weight is 346 g/mol. The minimum atomic E-state index is -3.62. The molecule has 0 spiro atoms. The number of rotatable bonds is 6. The van der Waals surface area contributed by atoms with Crippen molar-refractivity contribution in [3.63, 3.8) is 0 Å². The first-order valence-electron chi connectivity index (χ1n) is 7.81. The summed E-state index contributed by atoms with van der Waals surface area (Å²) in [7, 11) is -2.12. The van der Waals surface area contributed by atoms with E-state index in [1.165, 1.54) is 11.4 Å². The number of sulfonamides is 1. The van der Waals surface area contributed by atoms with E-state index in [1.54, 1.807) is 54.6 Å². The summed E-state index contributed by atoms with van der Waals surface area (Å²) < 4.78 is 26.4. The molecule has 6 heteroatoms. The van der Waals surface area contributed by atoms with Crippen molar-refractivity contribution >= 4 is 21.6 Å². The maximum absolute atomic E-state index is 12.6. The quantitative estimate of drug-likeness (QED) is 0.874. The van der Waals surface area contributed by atoms with Crippen molar-refractivity contribution in [2.24, 2.45) is 0 Å². The zero-order valence-electron chi connectivity index (χ0n) is 14.1. The van der Waals surface area contributed by atoms with Gasteiger partial charge in [-0.1, -0.05) is 25.1 Å². The van der Waals surface area contributed by atoms with Crippen LogP contribution in [-0.2, 0) is 10.0 Å². The van der Waals surface area contributed by atoms with Crippen LogP contribution >= 0.6 is 0 Å². The van der Waals surface area contributed by atoms with Crippen LogP contribution in [0.25, 0.3) is 0 Å². The highest BCUT2D eigenvalue weighted by atomic mass is 32.2. The van der Waals surface area contributed by atoms with Crippen molar-refractivity contribution in [1.29, 1.82) is 0 Å². The Morgan fingerprint density at radius 1 is 1.08 bits per heavy atom. The molecule has 0 heterocycles. The number of amides is 1. The maximum Gasteiger partial charge on any atom is 0.264 e. The second-order valence-electron chi connectivity index (χ2n) is 5.62. The van der Waals surface area contributed by atoms with E-state index >= 15 is 0 Å². The lowest BCUT2D eigenvalue weighted by atomic mass is 10.1. The van der Waals surface area contributed by atoms with Crippen molar-refractivity contribution < 1.29 is 13.2 Å². The molecule has 0 saturated heterocycles. The van der Waals surface area contributed by atoms with Crippen LogP contribution in [0.3, 0.4) is 0 Å². The molecule has 0 saturated carbocycles. The summed E-state index contributed by atoms with van der Waals surface area (Å²) in [6.07, 6.45) is 0.849. The van der Waals surface area contributed by atoms with E-state index in [-0.39, 0.29) is 16.8 Å². The molecule has 1 N–H and O–H groups in total. The molecule has 0 bridgehead atoms. The van der Waals surface area contributed by atoms with Crippen molar-refractivity contribution in [3.05, 3.63) is 60.2 Å². The van der Waals surface area contributed by atoms with Crippen molar-refractivity contribution in [3.8, 4) is 0 Å². The third-order valence-corrected chi connectivity index (χ3v) is 5.68. The van der Waals surface area contributed by atoms with Crippen LogP contribution < -0.4 is 9.62 Å². The zero-order valence-corrected chi connectivity index (χ0v) is 14.9. The van der Waals surface area contributed by atoms with Gasteiger partial charge in [0.25, 0.3) is 15.9 Å². The summed E-state index contributed by atoms with van der Waals surface area (Å²) in [5.74, 6) is -0.163. The number of hydrogen-bond donors (Lipinski definition) is 1. The number of benzene rings is 2. The number of nitrogens with one attached hydrogen (secondary N) is 1. The Morgan fingerprint density at radius 3 is 2.21 bits per heavy atom. The second kappa shape index (κ2) is 7.49. The lowest BCUT2D eigenvalue weighted by Crippen LogP contribution is -2.32. The molecule has 0 aliphatic carbocycles. The van der Waals surface area contributed by atoms with E-state index in [9.17, 15) is 13.2 Å². The molecular formula is C18H22N2O3S. The van der Waals surface area contributed by atoms with E-state index in [0.717, 1.165) is 6.42 Å². The molecule has 0 aliphatic heterocycles. The zero-order chi connectivity index (χ0) is 17.7. The first-order valence-corrected chi connectivity index (χ1v) is 9.25. The predicted molar refractivity (Wildman–Crippen MR) is 95.7 cm³/mol. The molecule has 0 aromatic heterocycles. The Labute approximate surface area is 143 Å². The normalized spacial score (nSPS) is 12.5. The molecule has 24 heavy (non-hydrogen) atoms. The van der Waals surface area contributed by atoms with Gasteiger partial charge in [-0.25, -0.2) is 8.42 Å². The van der Waals surface area contributed by atoms with Crippen LogP contribution in [0.5, 0.6) is 0 Å². The van der Waals surface area contributed by atoms with Gasteiger partial charge in [-0.05, 0) is 49.7 Å². The largest absolute Gasteiger partial charge is 0.350 e. The van der Waals surface area contributed by atoms with E-state index < -0.39 is 10.0 Å². The molecule has 2 rings (SSSR count). The van der Waals surface area contributed by atoms with Gasteiger partial charge in [0.15, 0.2) is 0 Å². The molecule has 5 nitrogen and oxygen atoms in total. The smallest absolute Gasteiger partial charge is 0.264 e. The Hall–Kier alpha value is -2.34.